The molecule has 0 heteroatoms. The molecule has 1 aromatic rings. The fraction of sp³-hybridized carbons (Fsp3) is 0.529. The molecule has 1 aromatic carbocycles. The minimum Gasteiger partial charge on any atom is -0.0952 e. The van der Waals surface area contributed by atoms with Crippen molar-refractivity contribution in [2.24, 2.45) is 5.92 Å². The maximum absolute atomic E-state index is 4.24. The number of hydrogen-bond donors (Lipinski definition) is 0. The van der Waals surface area contributed by atoms with Gasteiger partial charge in [0.15, 0.2) is 0 Å². The lowest BCUT2D eigenvalue weighted by molar-refractivity contribution is 0.330. The Balaban J connectivity index is 2.03. The first-order valence-electron chi connectivity index (χ1n) is 7.11. The lowest BCUT2D eigenvalue weighted by Gasteiger charge is -2.25. The average molecular weight is 226 g/mol. The van der Waals surface area contributed by atoms with Gasteiger partial charge in [0.2, 0.25) is 0 Å². The van der Waals surface area contributed by atoms with Crippen LogP contribution in [0.2, 0.25) is 0 Å². The average Bonchev–Trinajstić information content (AvgIpc) is 2.76. The second kappa shape index (κ2) is 4.33. The van der Waals surface area contributed by atoms with Gasteiger partial charge >= 0.3 is 0 Å². The van der Waals surface area contributed by atoms with E-state index in [1.807, 2.05) is 0 Å². The Hall–Kier alpha value is -1.04. The van der Waals surface area contributed by atoms with Crippen LogP contribution in [0.4, 0.5) is 0 Å². The Morgan fingerprint density at radius 3 is 2.94 bits per heavy atom. The van der Waals surface area contributed by atoms with Crippen LogP contribution in [0, 0.1) is 5.92 Å². The van der Waals surface area contributed by atoms with E-state index in [1.165, 1.54) is 43.2 Å². The molecule has 2 atom stereocenters. The van der Waals surface area contributed by atoms with Crippen LogP contribution in [0.3, 0.4) is 0 Å². The van der Waals surface area contributed by atoms with Gasteiger partial charge in [-0.1, -0.05) is 44.5 Å². The molecule has 0 aliphatic heterocycles. The monoisotopic (exact) mass is 226 g/mol. The summed E-state index contributed by atoms with van der Waals surface area (Å²) in [7, 11) is 0. The largest absolute Gasteiger partial charge is 0.0952 e. The van der Waals surface area contributed by atoms with E-state index in [-0.39, 0.29) is 0 Å². The van der Waals surface area contributed by atoms with Crippen molar-refractivity contribution in [3.8, 4) is 0 Å². The van der Waals surface area contributed by atoms with E-state index in [2.05, 4.69) is 31.7 Å². The summed E-state index contributed by atoms with van der Waals surface area (Å²) in [5.74, 6) is 1.80. The third kappa shape index (κ3) is 1.74. The van der Waals surface area contributed by atoms with Crippen LogP contribution in [0.15, 0.2) is 24.8 Å². The van der Waals surface area contributed by atoms with E-state index >= 15 is 0 Å². The first kappa shape index (κ1) is 11.1. The maximum Gasteiger partial charge on any atom is -0.0127 e. The highest BCUT2D eigenvalue weighted by molar-refractivity contribution is 5.68. The van der Waals surface area contributed by atoms with Gasteiger partial charge < -0.3 is 0 Å². The summed E-state index contributed by atoms with van der Waals surface area (Å²) in [5, 5.41) is 0. The zero-order valence-electron chi connectivity index (χ0n) is 10.8. The van der Waals surface area contributed by atoms with E-state index in [4.69, 9.17) is 0 Å². The lowest BCUT2D eigenvalue weighted by Crippen LogP contribution is -2.12. The molecule has 2 unspecified atom stereocenters. The molecule has 1 fully saturated rings. The number of fused-ring (bicyclic) bond motifs is 3. The third-order valence-corrected chi connectivity index (χ3v) is 4.79. The molecule has 3 rings (SSSR count). The van der Waals surface area contributed by atoms with Crippen molar-refractivity contribution in [3.05, 3.63) is 41.5 Å². The van der Waals surface area contributed by atoms with Crippen molar-refractivity contribution >= 4 is 5.57 Å². The fourth-order valence-electron chi connectivity index (χ4n) is 3.83. The standard InChI is InChI=1S/C17H22/c1-3-12(2)14-9-6-10-16-15-8-5-4-7-13(15)11-17(14)16/h6,9-10,13,15H,2-5,7-8,11H2,1H3. The maximum atomic E-state index is 4.24. The zero-order valence-corrected chi connectivity index (χ0v) is 10.8. The van der Waals surface area contributed by atoms with Gasteiger partial charge in [0, 0.05) is 0 Å². The van der Waals surface area contributed by atoms with E-state index in [0.717, 1.165) is 18.3 Å². The predicted octanol–water partition coefficient (Wildman–Crippen LogP) is 4.94. The molecule has 2 aliphatic carbocycles. The number of benzene rings is 1. The van der Waals surface area contributed by atoms with E-state index < -0.39 is 0 Å². The first-order valence-corrected chi connectivity index (χ1v) is 7.11. The van der Waals surface area contributed by atoms with E-state index in [9.17, 15) is 0 Å². The van der Waals surface area contributed by atoms with E-state index in [0.29, 0.717) is 0 Å². The van der Waals surface area contributed by atoms with Crippen LogP contribution in [0.5, 0.6) is 0 Å². The van der Waals surface area contributed by atoms with Gasteiger partial charge in [-0.25, -0.2) is 0 Å². The summed E-state index contributed by atoms with van der Waals surface area (Å²) in [6.45, 7) is 6.45. The molecule has 0 radical (unpaired) electrons. The van der Waals surface area contributed by atoms with Gasteiger partial charge in [0.25, 0.3) is 0 Å². The van der Waals surface area contributed by atoms with Gasteiger partial charge in [0.05, 0.1) is 0 Å². The predicted molar refractivity (Wildman–Crippen MR) is 74.2 cm³/mol. The zero-order chi connectivity index (χ0) is 11.8. The van der Waals surface area contributed by atoms with Gasteiger partial charge in [0.1, 0.15) is 0 Å². The molecule has 1 saturated carbocycles. The van der Waals surface area contributed by atoms with Crippen molar-refractivity contribution in [3.63, 3.8) is 0 Å². The Labute approximate surface area is 105 Å². The molecule has 0 spiro atoms. The van der Waals surface area contributed by atoms with Gasteiger partial charge in [-0.2, -0.15) is 0 Å². The molecule has 0 amide bonds. The summed E-state index contributed by atoms with van der Waals surface area (Å²) in [4.78, 5) is 0. The molecule has 0 bridgehead atoms. The highest BCUT2D eigenvalue weighted by atomic mass is 14.4. The van der Waals surface area contributed by atoms with Crippen LogP contribution in [-0.4, -0.2) is 0 Å². The van der Waals surface area contributed by atoms with Crippen LogP contribution >= 0.6 is 0 Å². The third-order valence-electron chi connectivity index (χ3n) is 4.79. The van der Waals surface area contributed by atoms with Crippen LogP contribution in [-0.2, 0) is 6.42 Å². The molecular formula is C17H22. The van der Waals surface area contributed by atoms with Crippen LogP contribution in [0.1, 0.15) is 61.6 Å². The lowest BCUT2D eigenvalue weighted by atomic mass is 9.80. The SMILES string of the molecule is C=C(CC)c1cccc2c1CC1CCCCC21. The summed E-state index contributed by atoms with van der Waals surface area (Å²) in [6, 6.07) is 6.89. The smallest absolute Gasteiger partial charge is 0.0127 e. The van der Waals surface area contributed by atoms with Crippen molar-refractivity contribution in [2.75, 3.05) is 0 Å². The van der Waals surface area contributed by atoms with Crippen molar-refractivity contribution in [1.82, 2.24) is 0 Å². The Kier molecular flexibility index (Phi) is 2.82. The van der Waals surface area contributed by atoms with Crippen LogP contribution < -0.4 is 0 Å². The van der Waals surface area contributed by atoms with Crippen molar-refractivity contribution in [2.45, 2.75) is 51.4 Å². The van der Waals surface area contributed by atoms with E-state index in [1.54, 1.807) is 11.1 Å². The minimum absolute atomic E-state index is 0.864. The van der Waals surface area contributed by atoms with Gasteiger partial charge in [-0.15, -0.1) is 0 Å². The van der Waals surface area contributed by atoms with Gasteiger partial charge in [-0.3, -0.25) is 0 Å². The summed E-state index contributed by atoms with van der Waals surface area (Å²) >= 11 is 0. The Morgan fingerprint density at radius 2 is 2.12 bits per heavy atom. The molecule has 0 heterocycles. The molecule has 2 aliphatic rings. The van der Waals surface area contributed by atoms with Gasteiger partial charge in [-0.05, 0) is 59.8 Å². The normalized spacial score (nSPS) is 26.4. The fourth-order valence-corrected chi connectivity index (χ4v) is 3.83. The Morgan fingerprint density at radius 1 is 1.29 bits per heavy atom. The summed E-state index contributed by atoms with van der Waals surface area (Å²) in [6.07, 6.45) is 8.12. The molecule has 0 nitrogen and oxygen atoms in total. The second-order valence-electron chi connectivity index (χ2n) is 5.69. The summed E-state index contributed by atoms with van der Waals surface area (Å²) in [5.41, 5.74) is 6.07. The molecule has 0 saturated heterocycles. The molecule has 17 heavy (non-hydrogen) atoms. The van der Waals surface area contributed by atoms with Crippen molar-refractivity contribution < 1.29 is 0 Å². The second-order valence-corrected chi connectivity index (χ2v) is 5.69. The minimum atomic E-state index is 0.864. The molecule has 0 aromatic heterocycles. The molecule has 0 N–H and O–H groups in total. The Bertz CT molecular complexity index is 441. The summed E-state index contributed by atoms with van der Waals surface area (Å²) < 4.78 is 0. The number of rotatable bonds is 2. The number of hydrogen-bond acceptors (Lipinski definition) is 0. The van der Waals surface area contributed by atoms with Crippen molar-refractivity contribution in [1.29, 1.82) is 0 Å². The van der Waals surface area contributed by atoms with Crippen LogP contribution in [0.25, 0.3) is 5.57 Å². The first-order chi connectivity index (χ1) is 8.31. The highest BCUT2D eigenvalue weighted by Gasteiger charge is 2.35. The highest BCUT2D eigenvalue weighted by Crippen LogP contribution is 2.48. The molecular weight excluding hydrogens is 204 g/mol. The quantitative estimate of drug-likeness (QED) is 0.670. The molecule has 90 valence electrons. The number of allylic oxidation sites excluding steroid dienone is 1. The topological polar surface area (TPSA) is 0 Å².